The van der Waals surface area contributed by atoms with E-state index < -0.39 is 5.97 Å². The summed E-state index contributed by atoms with van der Waals surface area (Å²) in [5, 5.41) is 11.7. The predicted octanol–water partition coefficient (Wildman–Crippen LogP) is 0.398. The van der Waals surface area contributed by atoms with Crippen LogP contribution in [0.2, 0.25) is 0 Å². The van der Waals surface area contributed by atoms with Gasteiger partial charge >= 0.3 is 5.97 Å². The summed E-state index contributed by atoms with van der Waals surface area (Å²) in [6, 6.07) is 3.11. The van der Waals surface area contributed by atoms with Gasteiger partial charge in [-0.3, -0.25) is 4.79 Å². The van der Waals surface area contributed by atoms with Crippen LogP contribution in [0.25, 0.3) is 0 Å². The van der Waals surface area contributed by atoms with Crippen molar-refractivity contribution >= 4 is 11.9 Å². The molecule has 2 rings (SSSR count). The van der Waals surface area contributed by atoms with Crippen molar-refractivity contribution in [1.82, 2.24) is 14.8 Å². The first kappa shape index (κ1) is 13.6. The number of nitrogens with one attached hydrogen (secondary N) is 1. The second-order valence-corrected chi connectivity index (χ2v) is 4.73. The summed E-state index contributed by atoms with van der Waals surface area (Å²) in [7, 11) is 0. The number of carbonyl (C=O) groups is 2. The molecular weight excluding hydrogens is 246 g/mol. The van der Waals surface area contributed by atoms with E-state index in [-0.39, 0.29) is 18.1 Å². The lowest BCUT2D eigenvalue weighted by molar-refractivity contribution is -0.121. The Hall–Kier alpha value is -1.82. The molecule has 6 nitrogen and oxygen atoms in total. The largest absolute Gasteiger partial charge is 0.477 e. The highest BCUT2D eigenvalue weighted by Gasteiger charge is 2.13. The number of aromatic nitrogens is 1. The Morgan fingerprint density at radius 3 is 2.74 bits per heavy atom. The van der Waals surface area contributed by atoms with Crippen LogP contribution >= 0.6 is 0 Å². The fourth-order valence-electron chi connectivity index (χ4n) is 2.32. The quantitative estimate of drug-likeness (QED) is 0.780. The molecule has 1 amide bonds. The van der Waals surface area contributed by atoms with E-state index in [1.165, 1.54) is 23.5 Å². The highest BCUT2D eigenvalue weighted by molar-refractivity contribution is 5.86. The molecule has 0 aliphatic carbocycles. The molecule has 6 heteroatoms. The molecule has 0 radical (unpaired) electrons. The van der Waals surface area contributed by atoms with Crippen LogP contribution in [0.1, 0.15) is 23.3 Å². The van der Waals surface area contributed by atoms with E-state index in [9.17, 15) is 9.59 Å². The summed E-state index contributed by atoms with van der Waals surface area (Å²) >= 11 is 0. The van der Waals surface area contributed by atoms with Crippen LogP contribution in [0.15, 0.2) is 18.3 Å². The summed E-state index contributed by atoms with van der Waals surface area (Å²) in [5.74, 6) is -1.17. The fraction of sp³-hybridized carbons (Fsp3) is 0.538. The highest BCUT2D eigenvalue weighted by atomic mass is 16.4. The third-order valence-corrected chi connectivity index (χ3v) is 3.31. The molecule has 0 saturated carbocycles. The summed E-state index contributed by atoms with van der Waals surface area (Å²) in [4.78, 5) is 24.9. The monoisotopic (exact) mass is 265 g/mol. The molecule has 2 heterocycles. The molecule has 0 bridgehead atoms. The van der Waals surface area contributed by atoms with Gasteiger partial charge in [0.15, 0.2) is 0 Å². The maximum absolute atomic E-state index is 11.7. The van der Waals surface area contributed by atoms with Gasteiger partial charge in [0, 0.05) is 19.3 Å². The summed E-state index contributed by atoms with van der Waals surface area (Å²) in [6.07, 6.45) is 4.07. The van der Waals surface area contributed by atoms with Gasteiger partial charge in [-0.2, -0.15) is 0 Å². The van der Waals surface area contributed by atoms with Gasteiger partial charge in [0.1, 0.15) is 12.2 Å². The molecule has 1 saturated heterocycles. The van der Waals surface area contributed by atoms with Crippen molar-refractivity contribution in [3.05, 3.63) is 24.0 Å². The van der Waals surface area contributed by atoms with Gasteiger partial charge < -0.3 is 19.9 Å². The van der Waals surface area contributed by atoms with E-state index in [1.54, 1.807) is 12.3 Å². The minimum atomic E-state index is -1.02. The van der Waals surface area contributed by atoms with Crippen LogP contribution in [-0.2, 0) is 11.3 Å². The van der Waals surface area contributed by atoms with Crippen LogP contribution < -0.4 is 5.32 Å². The van der Waals surface area contributed by atoms with E-state index >= 15 is 0 Å². The second-order valence-electron chi connectivity index (χ2n) is 4.73. The van der Waals surface area contributed by atoms with Gasteiger partial charge in [-0.15, -0.1) is 0 Å². The lowest BCUT2D eigenvalue weighted by atomic mass is 10.4. The number of rotatable bonds is 6. The Morgan fingerprint density at radius 2 is 2.05 bits per heavy atom. The minimum absolute atomic E-state index is 0.0502. The van der Waals surface area contributed by atoms with Gasteiger partial charge in [0.05, 0.1) is 0 Å². The number of aromatic carboxylic acids is 1. The number of amides is 1. The number of hydrogen-bond acceptors (Lipinski definition) is 3. The third-order valence-electron chi connectivity index (χ3n) is 3.31. The van der Waals surface area contributed by atoms with Crippen molar-refractivity contribution in [2.75, 3.05) is 26.2 Å². The summed E-state index contributed by atoms with van der Waals surface area (Å²) in [6.45, 7) is 3.74. The average Bonchev–Trinajstić information content (AvgIpc) is 2.99. The standard InChI is InChI=1S/C13H19N3O3/c17-12(14-5-9-15-6-1-2-7-15)10-16-8-3-4-11(16)13(18)19/h3-4,8H,1-2,5-7,9-10H2,(H,14,17)(H,18,19). The van der Waals surface area contributed by atoms with E-state index in [2.05, 4.69) is 10.2 Å². The van der Waals surface area contributed by atoms with E-state index in [0.717, 1.165) is 19.6 Å². The van der Waals surface area contributed by atoms with Gasteiger partial charge in [-0.05, 0) is 38.1 Å². The average molecular weight is 265 g/mol. The van der Waals surface area contributed by atoms with E-state index in [1.807, 2.05) is 0 Å². The third kappa shape index (κ3) is 3.82. The van der Waals surface area contributed by atoms with E-state index in [0.29, 0.717) is 6.54 Å². The lowest BCUT2D eigenvalue weighted by Gasteiger charge is -2.15. The Morgan fingerprint density at radius 1 is 1.32 bits per heavy atom. The number of nitrogens with zero attached hydrogens (tertiary/aromatic N) is 2. The molecule has 1 aromatic rings. The Bertz CT molecular complexity index is 450. The smallest absolute Gasteiger partial charge is 0.352 e. The second kappa shape index (κ2) is 6.38. The predicted molar refractivity (Wildman–Crippen MR) is 70.1 cm³/mol. The lowest BCUT2D eigenvalue weighted by Crippen LogP contribution is -2.35. The van der Waals surface area contributed by atoms with Crippen molar-refractivity contribution in [3.8, 4) is 0 Å². The van der Waals surface area contributed by atoms with E-state index in [4.69, 9.17) is 5.11 Å². The molecule has 0 aromatic carbocycles. The first-order chi connectivity index (χ1) is 9.16. The molecule has 0 spiro atoms. The summed E-state index contributed by atoms with van der Waals surface area (Å²) < 4.78 is 1.44. The molecule has 19 heavy (non-hydrogen) atoms. The number of carboxylic acids is 1. The van der Waals surface area contributed by atoms with Gasteiger partial charge in [0.2, 0.25) is 5.91 Å². The first-order valence-electron chi connectivity index (χ1n) is 6.54. The number of hydrogen-bond donors (Lipinski definition) is 2. The van der Waals surface area contributed by atoms with Crippen molar-refractivity contribution in [3.63, 3.8) is 0 Å². The zero-order valence-corrected chi connectivity index (χ0v) is 10.8. The molecule has 0 atom stereocenters. The molecule has 104 valence electrons. The van der Waals surface area contributed by atoms with Gasteiger partial charge in [-0.1, -0.05) is 0 Å². The maximum atomic E-state index is 11.7. The molecule has 1 aliphatic heterocycles. The normalized spacial score (nSPS) is 15.6. The fourth-order valence-corrected chi connectivity index (χ4v) is 2.32. The van der Waals surface area contributed by atoms with Crippen molar-refractivity contribution in [2.45, 2.75) is 19.4 Å². The molecule has 0 unspecified atom stereocenters. The zero-order valence-electron chi connectivity index (χ0n) is 10.8. The van der Waals surface area contributed by atoms with Crippen molar-refractivity contribution in [2.24, 2.45) is 0 Å². The Kier molecular flexibility index (Phi) is 4.57. The van der Waals surface area contributed by atoms with Crippen LogP contribution in [0.3, 0.4) is 0 Å². The first-order valence-corrected chi connectivity index (χ1v) is 6.54. The molecule has 2 N–H and O–H groups in total. The topological polar surface area (TPSA) is 74.6 Å². The molecular formula is C13H19N3O3. The number of carbonyl (C=O) groups excluding carboxylic acids is 1. The van der Waals surface area contributed by atoms with Crippen LogP contribution in [0.5, 0.6) is 0 Å². The van der Waals surface area contributed by atoms with Gasteiger partial charge in [-0.25, -0.2) is 4.79 Å². The highest BCUT2D eigenvalue weighted by Crippen LogP contribution is 2.05. The van der Waals surface area contributed by atoms with Crippen LogP contribution in [0.4, 0.5) is 0 Å². The molecule has 1 fully saturated rings. The molecule has 1 aromatic heterocycles. The minimum Gasteiger partial charge on any atom is -0.477 e. The Balaban J connectivity index is 1.74. The Labute approximate surface area is 112 Å². The number of carboxylic acid groups (broad SMARTS) is 1. The van der Waals surface area contributed by atoms with Crippen LogP contribution in [-0.4, -0.2) is 52.6 Å². The zero-order chi connectivity index (χ0) is 13.7. The SMILES string of the molecule is O=C(Cn1cccc1C(=O)O)NCCN1CCCC1. The summed E-state index contributed by atoms with van der Waals surface area (Å²) in [5.41, 5.74) is 0.134. The van der Waals surface area contributed by atoms with Crippen molar-refractivity contribution in [1.29, 1.82) is 0 Å². The molecule has 1 aliphatic rings. The van der Waals surface area contributed by atoms with Gasteiger partial charge in [0.25, 0.3) is 0 Å². The van der Waals surface area contributed by atoms with Crippen molar-refractivity contribution < 1.29 is 14.7 Å². The van der Waals surface area contributed by atoms with Crippen LogP contribution in [0, 0.1) is 0 Å². The number of likely N-dealkylation sites (tertiary alicyclic amines) is 1. The maximum Gasteiger partial charge on any atom is 0.352 e.